The molecule has 9 N–H and O–H groups in total. The summed E-state index contributed by atoms with van der Waals surface area (Å²) >= 11 is 1.52. The molecule has 346 valence electrons. The van der Waals surface area contributed by atoms with E-state index >= 15 is 0 Å². The van der Waals surface area contributed by atoms with Gasteiger partial charge >= 0.3 is 17.9 Å². The topological polar surface area (TPSA) is 304 Å². The van der Waals surface area contributed by atoms with E-state index in [1.54, 1.807) is 52.0 Å². The molecule has 0 radical (unpaired) electrons. The van der Waals surface area contributed by atoms with Gasteiger partial charge in [-0.3, -0.25) is 43.2 Å². The quantitative estimate of drug-likeness (QED) is 0.0407. The van der Waals surface area contributed by atoms with E-state index in [0.29, 0.717) is 17.6 Å². The van der Waals surface area contributed by atoms with Gasteiger partial charge < -0.3 is 52.0 Å². The third kappa shape index (κ3) is 21.3. The van der Waals surface area contributed by atoms with Crippen LogP contribution in [0.3, 0.4) is 0 Å². The highest BCUT2D eigenvalue weighted by Gasteiger charge is 2.38. The maximum atomic E-state index is 14.3. The zero-order valence-corrected chi connectivity index (χ0v) is 37.4. The van der Waals surface area contributed by atoms with Crippen molar-refractivity contribution in [2.45, 2.75) is 143 Å². The van der Waals surface area contributed by atoms with Gasteiger partial charge in [-0.1, -0.05) is 72.2 Å². The second-order valence-electron chi connectivity index (χ2n) is 16.5. The Bertz CT molecular complexity index is 1730. The monoisotopic (exact) mass is 892 g/mol. The second-order valence-corrected chi connectivity index (χ2v) is 17.6. The van der Waals surface area contributed by atoms with Crippen molar-refractivity contribution >= 4 is 71.4 Å². The Kier molecular flexibility index (Phi) is 24.1. The summed E-state index contributed by atoms with van der Waals surface area (Å²) in [6, 6.07) is -1.19. The maximum absolute atomic E-state index is 14.3. The van der Waals surface area contributed by atoms with Crippen LogP contribution in [0.15, 0.2) is 24.3 Å². The zero-order chi connectivity index (χ0) is 47.2. The van der Waals surface area contributed by atoms with Crippen molar-refractivity contribution in [2.24, 2.45) is 11.3 Å². The van der Waals surface area contributed by atoms with E-state index in [4.69, 9.17) is 5.11 Å². The smallest absolute Gasteiger partial charge is 0.305 e. The molecule has 1 rings (SSSR count). The number of thioether (sulfide) groups is 1. The summed E-state index contributed by atoms with van der Waals surface area (Å²) in [6.45, 7) is 12.5. The Hall–Kier alpha value is -5.53. The Morgan fingerprint density at radius 3 is 1.81 bits per heavy atom. The first-order valence-electron chi connectivity index (χ1n) is 20.5. The largest absolute Gasteiger partial charge is 0.481 e. The summed E-state index contributed by atoms with van der Waals surface area (Å²) in [5.41, 5.74) is 0.353. The van der Waals surface area contributed by atoms with Gasteiger partial charge in [-0.25, -0.2) is 0 Å². The van der Waals surface area contributed by atoms with E-state index in [-0.39, 0.29) is 18.8 Å². The molecule has 0 fully saturated rings. The van der Waals surface area contributed by atoms with E-state index in [2.05, 4.69) is 31.9 Å². The highest BCUT2D eigenvalue weighted by molar-refractivity contribution is 7.99. The second kappa shape index (κ2) is 27.4. The number of amides is 6. The summed E-state index contributed by atoms with van der Waals surface area (Å²) in [6.07, 6.45) is -0.759. The molecule has 0 heterocycles. The number of carboxylic acid groups (broad SMARTS) is 3. The van der Waals surface area contributed by atoms with E-state index in [1.807, 2.05) is 20.8 Å². The molecular weight excluding hydrogens is 829 g/mol. The first-order valence-corrected chi connectivity index (χ1v) is 21.7. The molecule has 20 heteroatoms. The van der Waals surface area contributed by atoms with Crippen LogP contribution >= 0.6 is 11.8 Å². The molecule has 0 aliphatic heterocycles. The number of aryl methyl sites for hydroxylation is 1. The fourth-order valence-corrected chi connectivity index (χ4v) is 7.03. The molecule has 19 nitrogen and oxygen atoms in total. The van der Waals surface area contributed by atoms with Crippen LogP contribution in [0, 0.1) is 18.3 Å². The van der Waals surface area contributed by atoms with Gasteiger partial charge in [0.1, 0.15) is 36.5 Å². The molecule has 6 amide bonds. The first-order chi connectivity index (χ1) is 29.0. The third-order valence-corrected chi connectivity index (χ3v) is 10.6. The number of hydrogen-bond donors (Lipinski definition) is 9. The van der Waals surface area contributed by atoms with Crippen LogP contribution in [-0.4, -0.2) is 123 Å². The number of carbonyl (C=O) groups is 10. The minimum absolute atomic E-state index is 0.0711. The molecule has 1 unspecified atom stereocenters. The van der Waals surface area contributed by atoms with Gasteiger partial charge in [0.2, 0.25) is 35.4 Å². The van der Waals surface area contributed by atoms with Gasteiger partial charge in [0.15, 0.2) is 0 Å². The lowest BCUT2D eigenvalue weighted by Gasteiger charge is -2.33. The fourth-order valence-electron chi connectivity index (χ4n) is 5.95. The van der Waals surface area contributed by atoms with Crippen molar-refractivity contribution in [1.29, 1.82) is 0 Å². The molecule has 0 aliphatic rings. The van der Waals surface area contributed by atoms with Crippen molar-refractivity contribution in [3.8, 4) is 0 Å². The average Bonchev–Trinajstić information content (AvgIpc) is 3.17. The van der Waals surface area contributed by atoms with Crippen molar-refractivity contribution in [3.63, 3.8) is 0 Å². The molecule has 0 saturated carbocycles. The lowest BCUT2D eigenvalue weighted by Crippen LogP contribution is -2.62. The molecule has 0 bridgehead atoms. The van der Waals surface area contributed by atoms with Gasteiger partial charge in [0, 0.05) is 25.0 Å². The van der Waals surface area contributed by atoms with Gasteiger partial charge in [0.05, 0.1) is 18.9 Å². The Morgan fingerprint density at radius 2 is 1.26 bits per heavy atom. The summed E-state index contributed by atoms with van der Waals surface area (Å²) in [5, 5.41) is 42.8. The number of rotatable bonds is 29. The number of carbonyl (C=O) groups excluding carboxylic acids is 7. The minimum Gasteiger partial charge on any atom is -0.481 e. The van der Waals surface area contributed by atoms with E-state index in [0.717, 1.165) is 24.2 Å². The summed E-state index contributed by atoms with van der Waals surface area (Å²) in [5.74, 6) is -8.50. The SMILES string of the molecule is CCCCSCC(C=O)NC(=O)[C@H](CC(C)C)NC(=O)[C@@H](NC(=O)[C@H](Cc1ccccc1C)NC(=O)[C@H](CCC(=O)O)NC(=O)[C@H](CC(=O)O)NC(=O)CCC(=O)O)C(C)(C)C. The lowest BCUT2D eigenvalue weighted by molar-refractivity contribution is -0.142. The number of benzene rings is 1. The van der Waals surface area contributed by atoms with Crippen LogP contribution < -0.4 is 31.9 Å². The zero-order valence-electron chi connectivity index (χ0n) is 36.5. The van der Waals surface area contributed by atoms with E-state index in [1.165, 1.54) is 11.8 Å². The third-order valence-electron chi connectivity index (χ3n) is 9.38. The van der Waals surface area contributed by atoms with Crippen LogP contribution in [0.4, 0.5) is 0 Å². The molecule has 1 aromatic rings. The molecule has 6 atom stereocenters. The minimum atomic E-state index is -1.79. The standard InChI is InChI=1S/C42H64N6O13S/c1-8-9-18-62-23-27(22-49)43-38(58)29(19-24(2)3)47-41(61)36(42(5,6)7)48-40(60)30(20-26-13-11-10-12-25(26)4)46-37(57)28(14-16-33(51)52)45-39(59)31(21-35(55)56)44-32(50)15-17-34(53)54/h10-13,22,24,27-31,36H,8-9,14-21,23H2,1-7H3,(H,43,58)(H,44,50)(H,45,59)(H,46,57)(H,47,61)(H,48,60)(H,51,52)(H,53,54)(H,55,56)/t27?,28-,29-,30-,31-,36+/m0/s1. The van der Waals surface area contributed by atoms with Crippen LogP contribution in [0.2, 0.25) is 0 Å². The number of nitrogens with one attached hydrogen (secondary N) is 6. The normalized spacial score (nSPS) is 14.1. The molecule has 62 heavy (non-hydrogen) atoms. The summed E-state index contributed by atoms with van der Waals surface area (Å²) in [7, 11) is 0. The molecular formula is C42H64N6O13S. The van der Waals surface area contributed by atoms with Gasteiger partial charge in [-0.15, -0.1) is 0 Å². The van der Waals surface area contributed by atoms with Gasteiger partial charge in [-0.05, 0) is 54.4 Å². The molecule has 0 spiro atoms. The first kappa shape index (κ1) is 54.5. The van der Waals surface area contributed by atoms with Gasteiger partial charge in [-0.2, -0.15) is 11.8 Å². The number of hydrogen-bond acceptors (Lipinski definition) is 11. The lowest BCUT2D eigenvalue weighted by atomic mass is 9.85. The summed E-state index contributed by atoms with van der Waals surface area (Å²) in [4.78, 5) is 127. The van der Waals surface area contributed by atoms with E-state index in [9.17, 15) is 58.2 Å². The van der Waals surface area contributed by atoms with Crippen LogP contribution in [0.25, 0.3) is 0 Å². The Labute approximate surface area is 366 Å². The number of unbranched alkanes of at least 4 members (excludes halogenated alkanes) is 1. The predicted molar refractivity (Wildman–Crippen MR) is 230 cm³/mol. The van der Waals surface area contributed by atoms with Crippen LogP contribution in [0.1, 0.15) is 104 Å². The number of aliphatic carboxylic acids is 3. The van der Waals surface area contributed by atoms with Crippen molar-refractivity contribution in [3.05, 3.63) is 35.4 Å². The molecule has 0 saturated heterocycles. The van der Waals surface area contributed by atoms with Gasteiger partial charge in [0.25, 0.3) is 0 Å². The Balaban J connectivity index is 3.52. The fraction of sp³-hybridized carbons (Fsp3) is 0.619. The maximum Gasteiger partial charge on any atom is 0.305 e. The summed E-state index contributed by atoms with van der Waals surface area (Å²) < 4.78 is 0. The van der Waals surface area contributed by atoms with E-state index < -0.39 is 127 Å². The molecule has 1 aromatic carbocycles. The van der Waals surface area contributed by atoms with Crippen molar-refractivity contribution in [1.82, 2.24) is 31.9 Å². The van der Waals surface area contributed by atoms with Crippen molar-refractivity contribution in [2.75, 3.05) is 11.5 Å². The molecule has 0 aromatic heterocycles. The highest BCUT2D eigenvalue weighted by atomic mass is 32.2. The number of carboxylic acids is 3. The van der Waals surface area contributed by atoms with Crippen molar-refractivity contribution < 1.29 is 63.3 Å². The Morgan fingerprint density at radius 1 is 0.694 bits per heavy atom. The van der Waals surface area contributed by atoms with Crippen LogP contribution in [-0.2, 0) is 54.4 Å². The highest BCUT2D eigenvalue weighted by Crippen LogP contribution is 2.21. The number of aldehydes is 1. The predicted octanol–water partition coefficient (Wildman–Crippen LogP) is 1.48. The average molecular weight is 893 g/mol. The molecule has 0 aliphatic carbocycles. The van der Waals surface area contributed by atoms with Crippen LogP contribution in [0.5, 0.6) is 0 Å².